The van der Waals surface area contributed by atoms with Crippen molar-refractivity contribution in [1.29, 1.82) is 0 Å². The Balaban J connectivity index is 1.95. The van der Waals surface area contributed by atoms with Crippen LogP contribution in [0.2, 0.25) is 0 Å². The van der Waals surface area contributed by atoms with E-state index in [1.54, 1.807) is 0 Å². The number of nitrogens with two attached hydrogens (primary N) is 1. The first kappa shape index (κ1) is 11.6. The summed E-state index contributed by atoms with van der Waals surface area (Å²) in [6.07, 6.45) is 9.67. The van der Waals surface area contributed by atoms with Gasteiger partial charge in [-0.25, -0.2) is 0 Å². The van der Waals surface area contributed by atoms with Crippen LogP contribution >= 0.6 is 0 Å². The van der Waals surface area contributed by atoms with Gasteiger partial charge in [-0.05, 0) is 25.8 Å². The fraction of sp³-hybridized carbons (Fsp3) is 0.750. The Morgan fingerprint density at radius 3 is 2.94 bits per heavy atom. The first-order valence-electron chi connectivity index (χ1n) is 6.30. The molecule has 4 nitrogen and oxygen atoms in total. The molecule has 0 aromatic carbocycles. The minimum absolute atomic E-state index is 0.287. The van der Waals surface area contributed by atoms with Crippen molar-refractivity contribution in [2.24, 2.45) is 5.84 Å². The van der Waals surface area contributed by atoms with Crippen molar-refractivity contribution in [2.75, 3.05) is 0 Å². The van der Waals surface area contributed by atoms with Crippen LogP contribution in [0, 0.1) is 0 Å². The summed E-state index contributed by atoms with van der Waals surface area (Å²) < 4.78 is 2.15. The third-order valence-electron chi connectivity index (χ3n) is 3.41. The molecule has 1 atom stereocenters. The average molecular weight is 222 g/mol. The molecule has 0 spiro atoms. The first-order valence-corrected chi connectivity index (χ1v) is 6.30. The monoisotopic (exact) mass is 222 g/mol. The van der Waals surface area contributed by atoms with E-state index in [9.17, 15) is 0 Å². The van der Waals surface area contributed by atoms with Crippen molar-refractivity contribution < 1.29 is 0 Å². The summed E-state index contributed by atoms with van der Waals surface area (Å²) in [5, 5.41) is 4.64. The van der Waals surface area contributed by atoms with Gasteiger partial charge in [-0.2, -0.15) is 5.10 Å². The maximum atomic E-state index is 5.38. The second kappa shape index (κ2) is 5.46. The molecule has 1 saturated carbocycles. The molecule has 1 aromatic rings. The van der Waals surface area contributed by atoms with Gasteiger partial charge in [-0.1, -0.05) is 19.3 Å². The molecule has 4 heteroatoms. The predicted octanol–water partition coefficient (Wildman–Crippen LogP) is 1.78. The molecular formula is C12H22N4. The van der Waals surface area contributed by atoms with E-state index in [0.717, 1.165) is 12.1 Å². The molecule has 1 fully saturated rings. The highest BCUT2D eigenvalue weighted by Gasteiger charge is 2.16. The van der Waals surface area contributed by atoms with E-state index >= 15 is 0 Å². The molecule has 1 aromatic heterocycles. The molecule has 0 saturated heterocycles. The van der Waals surface area contributed by atoms with E-state index in [4.69, 9.17) is 5.84 Å². The lowest BCUT2D eigenvalue weighted by Gasteiger charge is -2.21. The van der Waals surface area contributed by atoms with Gasteiger partial charge in [0.2, 0.25) is 0 Å². The van der Waals surface area contributed by atoms with Crippen molar-refractivity contribution in [3.63, 3.8) is 0 Å². The SMILES string of the molecule is CC(Cc1ccn(C2CCCCC2)n1)NN. The zero-order chi connectivity index (χ0) is 11.4. The van der Waals surface area contributed by atoms with Gasteiger partial charge in [0.1, 0.15) is 0 Å². The summed E-state index contributed by atoms with van der Waals surface area (Å²) in [7, 11) is 0. The standard InChI is InChI=1S/C12H22N4/c1-10(14-13)9-11-7-8-16(15-11)12-5-3-2-4-6-12/h7-8,10,12,14H,2-6,9,13H2,1H3. The third kappa shape index (κ3) is 2.83. The van der Waals surface area contributed by atoms with Gasteiger partial charge in [-0.15, -0.1) is 0 Å². The Labute approximate surface area is 97.2 Å². The number of nitrogens with zero attached hydrogens (tertiary/aromatic N) is 2. The Morgan fingerprint density at radius 1 is 1.50 bits per heavy atom. The van der Waals surface area contributed by atoms with Crippen LogP contribution in [0.5, 0.6) is 0 Å². The maximum absolute atomic E-state index is 5.38. The number of rotatable bonds is 4. The number of nitrogens with one attached hydrogen (secondary N) is 1. The zero-order valence-corrected chi connectivity index (χ0v) is 10.0. The maximum Gasteiger partial charge on any atom is 0.0640 e. The lowest BCUT2D eigenvalue weighted by molar-refractivity contribution is 0.327. The van der Waals surface area contributed by atoms with Crippen molar-refractivity contribution in [2.45, 2.75) is 57.5 Å². The van der Waals surface area contributed by atoms with Crippen LogP contribution in [0.4, 0.5) is 0 Å². The third-order valence-corrected chi connectivity index (χ3v) is 3.41. The smallest absolute Gasteiger partial charge is 0.0640 e. The van der Waals surface area contributed by atoms with Crippen molar-refractivity contribution >= 4 is 0 Å². The van der Waals surface area contributed by atoms with Crippen LogP contribution in [-0.2, 0) is 6.42 Å². The van der Waals surface area contributed by atoms with E-state index in [2.05, 4.69) is 34.4 Å². The second-order valence-corrected chi connectivity index (χ2v) is 4.85. The van der Waals surface area contributed by atoms with Gasteiger partial charge in [0.25, 0.3) is 0 Å². The highest BCUT2D eigenvalue weighted by atomic mass is 15.3. The van der Waals surface area contributed by atoms with E-state index in [0.29, 0.717) is 6.04 Å². The highest BCUT2D eigenvalue weighted by molar-refractivity contribution is 5.02. The number of hydrogen-bond acceptors (Lipinski definition) is 3. The van der Waals surface area contributed by atoms with E-state index < -0.39 is 0 Å². The van der Waals surface area contributed by atoms with E-state index in [1.165, 1.54) is 32.1 Å². The van der Waals surface area contributed by atoms with Crippen molar-refractivity contribution in [3.8, 4) is 0 Å². The molecule has 2 rings (SSSR count). The van der Waals surface area contributed by atoms with Crippen LogP contribution < -0.4 is 11.3 Å². The van der Waals surface area contributed by atoms with Gasteiger partial charge in [0, 0.05) is 18.7 Å². The Bertz CT molecular complexity index is 315. The van der Waals surface area contributed by atoms with Gasteiger partial charge < -0.3 is 0 Å². The van der Waals surface area contributed by atoms with Gasteiger partial charge in [0.05, 0.1) is 11.7 Å². The minimum atomic E-state index is 0.287. The summed E-state index contributed by atoms with van der Waals surface area (Å²) in [6.45, 7) is 2.07. The molecule has 1 heterocycles. The summed E-state index contributed by atoms with van der Waals surface area (Å²) in [5.41, 5.74) is 3.89. The second-order valence-electron chi connectivity index (χ2n) is 4.85. The molecule has 0 bridgehead atoms. The normalized spacial score (nSPS) is 19.9. The van der Waals surface area contributed by atoms with Crippen LogP contribution in [0.25, 0.3) is 0 Å². The van der Waals surface area contributed by atoms with Gasteiger partial charge in [-0.3, -0.25) is 16.0 Å². The first-order chi connectivity index (χ1) is 7.79. The van der Waals surface area contributed by atoms with Crippen LogP contribution in [0.3, 0.4) is 0 Å². The molecule has 0 radical (unpaired) electrons. The number of aromatic nitrogens is 2. The van der Waals surface area contributed by atoms with Gasteiger partial charge >= 0.3 is 0 Å². The highest BCUT2D eigenvalue weighted by Crippen LogP contribution is 2.27. The minimum Gasteiger partial charge on any atom is -0.271 e. The van der Waals surface area contributed by atoms with Crippen LogP contribution in [0.15, 0.2) is 12.3 Å². The fourth-order valence-electron chi connectivity index (χ4n) is 2.41. The summed E-state index contributed by atoms with van der Waals surface area (Å²) >= 11 is 0. The average Bonchev–Trinajstić information content (AvgIpc) is 2.78. The van der Waals surface area contributed by atoms with Gasteiger partial charge in [0.15, 0.2) is 0 Å². The molecule has 3 N–H and O–H groups in total. The molecule has 0 amide bonds. The van der Waals surface area contributed by atoms with E-state index in [1.807, 2.05) is 0 Å². The summed E-state index contributed by atoms with van der Waals surface area (Å²) in [4.78, 5) is 0. The molecule has 90 valence electrons. The number of hydrogen-bond donors (Lipinski definition) is 2. The number of hydrazine groups is 1. The molecule has 1 aliphatic carbocycles. The molecule has 16 heavy (non-hydrogen) atoms. The van der Waals surface area contributed by atoms with Crippen LogP contribution in [-0.4, -0.2) is 15.8 Å². The largest absolute Gasteiger partial charge is 0.271 e. The molecule has 1 aliphatic rings. The fourth-order valence-corrected chi connectivity index (χ4v) is 2.41. The molecule has 0 aliphatic heterocycles. The van der Waals surface area contributed by atoms with E-state index in [-0.39, 0.29) is 6.04 Å². The Kier molecular flexibility index (Phi) is 3.96. The lowest BCUT2D eigenvalue weighted by atomic mass is 9.96. The van der Waals surface area contributed by atoms with Crippen molar-refractivity contribution in [3.05, 3.63) is 18.0 Å². The Hall–Kier alpha value is -0.870. The lowest BCUT2D eigenvalue weighted by Crippen LogP contribution is -2.34. The zero-order valence-electron chi connectivity index (χ0n) is 10.0. The quantitative estimate of drug-likeness (QED) is 0.603. The topological polar surface area (TPSA) is 55.9 Å². The van der Waals surface area contributed by atoms with Crippen molar-refractivity contribution in [1.82, 2.24) is 15.2 Å². The predicted molar refractivity (Wildman–Crippen MR) is 64.8 cm³/mol. The van der Waals surface area contributed by atoms with Crippen LogP contribution in [0.1, 0.15) is 50.8 Å². The summed E-state index contributed by atoms with van der Waals surface area (Å²) in [6, 6.07) is 3.03. The molecule has 1 unspecified atom stereocenters. The summed E-state index contributed by atoms with van der Waals surface area (Å²) in [5.74, 6) is 5.38. The molecular weight excluding hydrogens is 200 g/mol. The Morgan fingerprint density at radius 2 is 2.25 bits per heavy atom.